The van der Waals surface area contributed by atoms with Gasteiger partial charge in [0.05, 0.1) is 19.6 Å². The number of nitriles is 1. The third-order valence-corrected chi connectivity index (χ3v) is 1.68. The number of hydrogen-bond acceptors (Lipinski definition) is 2. The fraction of sp³-hybridized carbons (Fsp3) is 0.300. The van der Waals surface area contributed by atoms with Crippen molar-refractivity contribution in [3.63, 3.8) is 0 Å². The molecule has 0 saturated heterocycles. The highest BCUT2D eigenvalue weighted by Gasteiger charge is 2.03. The summed E-state index contributed by atoms with van der Waals surface area (Å²) in [5, 5.41) is 8.51. The molecule has 1 rings (SSSR count). The van der Waals surface area contributed by atoms with Crippen LogP contribution in [0.3, 0.4) is 0 Å². The molecule has 0 unspecified atom stereocenters. The van der Waals surface area contributed by atoms with E-state index in [1.54, 1.807) is 13.2 Å². The van der Waals surface area contributed by atoms with Gasteiger partial charge < -0.3 is 4.74 Å². The van der Waals surface area contributed by atoms with E-state index >= 15 is 0 Å². The van der Waals surface area contributed by atoms with E-state index < -0.39 is 0 Å². The smallest absolute Gasteiger partial charge is 0.126 e. The molecule has 0 heterocycles. The minimum absolute atomic E-state index is 0.376. The molecule has 2 heteroatoms. The molecule has 1 radical (unpaired) electrons. The maximum absolute atomic E-state index is 8.51. The van der Waals surface area contributed by atoms with Crippen LogP contribution in [-0.2, 0) is 6.42 Å². The molecular formula is C10H10NO. The fourth-order valence-electron chi connectivity index (χ4n) is 1.16. The van der Waals surface area contributed by atoms with Gasteiger partial charge in [0.2, 0.25) is 0 Å². The lowest BCUT2D eigenvalue weighted by atomic mass is 10.1. The van der Waals surface area contributed by atoms with Gasteiger partial charge in [0.1, 0.15) is 5.75 Å². The van der Waals surface area contributed by atoms with Crippen LogP contribution >= 0.6 is 0 Å². The van der Waals surface area contributed by atoms with Gasteiger partial charge in [-0.25, -0.2) is 0 Å². The number of rotatable bonds is 2. The molecule has 12 heavy (non-hydrogen) atoms. The first-order chi connectivity index (χ1) is 5.79. The first kappa shape index (κ1) is 8.61. The second-order valence-corrected chi connectivity index (χ2v) is 2.53. The third-order valence-electron chi connectivity index (χ3n) is 1.68. The highest BCUT2D eigenvalue weighted by Crippen LogP contribution is 2.22. The van der Waals surface area contributed by atoms with Crippen LogP contribution in [0.5, 0.6) is 5.75 Å². The van der Waals surface area contributed by atoms with Gasteiger partial charge in [-0.1, -0.05) is 0 Å². The van der Waals surface area contributed by atoms with E-state index in [0.29, 0.717) is 6.42 Å². The predicted octanol–water partition coefficient (Wildman–Crippen LogP) is 1.87. The maximum Gasteiger partial charge on any atom is 0.126 e. The number of benzene rings is 1. The standard InChI is InChI=1S/C10H10NO/c1-8-4-3-5-9(6-7-11)10(8)12-2/h4-5H,6H2,1-2H3. The van der Waals surface area contributed by atoms with Gasteiger partial charge in [-0.2, -0.15) is 5.26 Å². The highest BCUT2D eigenvalue weighted by atomic mass is 16.5. The molecule has 1 aromatic carbocycles. The summed E-state index contributed by atoms with van der Waals surface area (Å²) < 4.78 is 5.16. The van der Waals surface area contributed by atoms with Gasteiger partial charge in [0.15, 0.2) is 0 Å². The largest absolute Gasteiger partial charge is 0.496 e. The molecule has 0 aliphatic rings. The summed E-state index contributed by atoms with van der Waals surface area (Å²) in [4.78, 5) is 0. The van der Waals surface area contributed by atoms with Crippen LogP contribution in [-0.4, -0.2) is 7.11 Å². The third kappa shape index (κ3) is 1.57. The second kappa shape index (κ2) is 3.77. The summed E-state index contributed by atoms with van der Waals surface area (Å²) >= 11 is 0. The van der Waals surface area contributed by atoms with Crippen molar-refractivity contribution >= 4 is 0 Å². The second-order valence-electron chi connectivity index (χ2n) is 2.53. The van der Waals surface area contributed by atoms with Crippen LogP contribution in [0.15, 0.2) is 12.1 Å². The molecule has 0 spiro atoms. The van der Waals surface area contributed by atoms with Crippen molar-refractivity contribution in [3.05, 3.63) is 29.3 Å². The number of aryl methyl sites for hydroxylation is 1. The van der Waals surface area contributed by atoms with Crippen LogP contribution in [0.4, 0.5) is 0 Å². The van der Waals surface area contributed by atoms with E-state index in [-0.39, 0.29) is 0 Å². The Hall–Kier alpha value is -1.49. The Morgan fingerprint density at radius 2 is 2.33 bits per heavy atom. The van der Waals surface area contributed by atoms with Gasteiger partial charge in [-0.05, 0) is 30.7 Å². The summed E-state index contributed by atoms with van der Waals surface area (Å²) in [5.74, 6) is 0.801. The zero-order valence-corrected chi connectivity index (χ0v) is 7.22. The van der Waals surface area contributed by atoms with E-state index in [4.69, 9.17) is 10.00 Å². The lowest BCUT2D eigenvalue weighted by Gasteiger charge is -2.07. The number of hydrogen-bond donors (Lipinski definition) is 0. The Morgan fingerprint density at radius 1 is 1.58 bits per heavy atom. The Balaban J connectivity index is 3.11. The van der Waals surface area contributed by atoms with E-state index in [1.165, 1.54) is 0 Å². The van der Waals surface area contributed by atoms with Crippen molar-refractivity contribution in [2.24, 2.45) is 0 Å². The van der Waals surface area contributed by atoms with Gasteiger partial charge in [-0.3, -0.25) is 0 Å². The molecular weight excluding hydrogens is 150 g/mol. The van der Waals surface area contributed by atoms with Crippen LogP contribution in [0, 0.1) is 24.3 Å². The SMILES string of the molecule is COc1c(C)c[c]cc1CC#N. The molecule has 0 saturated carbocycles. The molecule has 0 bridgehead atoms. The van der Waals surface area contributed by atoms with Gasteiger partial charge in [0, 0.05) is 5.56 Å². The maximum atomic E-state index is 8.51. The average molecular weight is 160 g/mol. The number of methoxy groups -OCH3 is 1. The summed E-state index contributed by atoms with van der Waals surface area (Å²) in [6.07, 6.45) is 0.376. The van der Waals surface area contributed by atoms with Crippen molar-refractivity contribution in [1.29, 1.82) is 5.26 Å². The van der Waals surface area contributed by atoms with E-state index in [2.05, 4.69) is 12.1 Å². The first-order valence-corrected chi connectivity index (χ1v) is 3.70. The Kier molecular flexibility index (Phi) is 2.71. The van der Waals surface area contributed by atoms with E-state index in [1.807, 2.05) is 13.0 Å². The monoisotopic (exact) mass is 160 g/mol. The van der Waals surface area contributed by atoms with Gasteiger partial charge >= 0.3 is 0 Å². The van der Waals surface area contributed by atoms with Crippen molar-refractivity contribution in [3.8, 4) is 11.8 Å². The molecule has 0 aromatic heterocycles. The summed E-state index contributed by atoms with van der Waals surface area (Å²) in [5.41, 5.74) is 1.92. The highest BCUT2D eigenvalue weighted by molar-refractivity contribution is 5.41. The van der Waals surface area contributed by atoms with Crippen molar-refractivity contribution in [2.75, 3.05) is 7.11 Å². The van der Waals surface area contributed by atoms with Crippen LogP contribution in [0.1, 0.15) is 11.1 Å². The molecule has 0 aliphatic carbocycles. The van der Waals surface area contributed by atoms with Crippen LogP contribution in [0.25, 0.3) is 0 Å². The van der Waals surface area contributed by atoms with Crippen LogP contribution < -0.4 is 4.74 Å². The summed E-state index contributed by atoms with van der Waals surface area (Å²) in [7, 11) is 1.61. The Morgan fingerprint density at radius 3 is 2.92 bits per heavy atom. The van der Waals surface area contributed by atoms with Crippen molar-refractivity contribution in [1.82, 2.24) is 0 Å². The average Bonchev–Trinajstić information content (AvgIpc) is 2.05. The lowest BCUT2D eigenvalue weighted by molar-refractivity contribution is 0.407. The summed E-state index contributed by atoms with van der Waals surface area (Å²) in [6, 6.07) is 8.68. The van der Waals surface area contributed by atoms with Gasteiger partial charge in [0.25, 0.3) is 0 Å². The Bertz CT molecular complexity index is 312. The van der Waals surface area contributed by atoms with Gasteiger partial charge in [-0.15, -0.1) is 0 Å². The topological polar surface area (TPSA) is 33.0 Å². The molecule has 0 fully saturated rings. The molecule has 1 aromatic rings. The summed E-state index contributed by atoms with van der Waals surface area (Å²) in [6.45, 7) is 1.94. The number of nitrogens with zero attached hydrogens (tertiary/aromatic N) is 1. The first-order valence-electron chi connectivity index (χ1n) is 3.70. The fourth-order valence-corrected chi connectivity index (χ4v) is 1.16. The molecule has 0 N–H and O–H groups in total. The van der Waals surface area contributed by atoms with Crippen molar-refractivity contribution in [2.45, 2.75) is 13.3 Å². The van der Waals surface area contributed by atoms with Crippen LogP contribution in [0.2, 0.25) is 0 Å². The minimum Gasteiger partial charge on any atom is -0.496 e. The number of ether oxygens (including phenoxy) is 1. The molecule has 0 amide bonds. The zero-order chi connectivity index (χ0) is 8.97. The van der Waals surface area contributed by atoms with E-state index in [0.717, 1.165) is 16.9 Å². The quantitative estimate of drug-likeness (QED) is 0.661. The molecule has 0 atom stereocenters. The van der Waals surface area contributed by atoms with E-state index in [9.17, 15) is 0 Å². The zero-order valence-electron chi connectivity index (χ0n) is 7.22. The molecule has 61 valence electrons. The lowest BCUT2D eigenvalue weighted by Crippen LogP contribution is -1.93. The predicted molar refractivity (Wildman–Crippen MR) is 45.9 cm³/mol. The normalized spacial score (nSPS) is 9.08. The van der Waals surface area contributed by atoms with Crippen molar-refractivity contribution < 1.29 is 4.74 Å². The molecule has 0 aliphatic heterocycles. The molecule has 2 nitrogen and oxygen atoms in total. The minimum atomic E-state index is 0.376. The Labute approximate surface area is 72.4 Å².